The van der Waals surface area contributed by atoms with E-state index in [1.165, 1.54) is 6.08 Å². The lowest BCUT2D eigenvalue weighted by molar-refractivity contribution is -0.136. The predicted octanol–water partition coefficient (Wildman–Crippen LogP) is 5.19. The van der Waals surface area contributed by atoms with Gasteiger partial charge in [-0.1, -0.05) is 73.1 Å². The van der Waals surface area contributed by atoms with E-state index in [0.29, 0.717) is 5.56 Å². The SMILES string of the molecule is CC(C)(C)c1ccc(C(=O)COC(=O)/C=C/c2ccc(Br)cc2)cc1. The minimum atomic E-state index is -0.539. The topological polar surface area (TPSA) is 43.4 Å². The number of halogens is 1. The zero-order chi connectivity index (χ0) is 18.4. The van der Waals surface area contributed by atoms with Crippen LogP contribution in [0.1, 0.15) is 42.3 Å². The fourth-order valence-electron chi connectivity index (χ4n) is 2.16. The maximum absolute atomic E-state index is 12.1. The summed E-state index contributed by atoms with van der Waals surface area (Å²) in [7, 11) is 0. The first-order valence-corrected chi connectivity index (χ1v) is 8.79. The lowest BCUT2D eigenvalue weighted by Gasteiger charge is -2.18. The molecule has 0 atom stereocenters. The molecule has 2 rings (SSSR count). The van der Waals surface area contributed by atoms with E-state index in [1.54, 1.807) is 18.2 Å². The number of esters is 1. The lowest BCUT2D eigenvalue weighted by Crippen LogP contribution is -2.14. The predicted molar refractivity (Wildman–Crippen MR) is 104 cm³/mol. The molecule has 0 saturated carbocycles. The van der Waals surface area contributed by atoms with Crippen molar-refractivity contribution in [1.29, 1.82) is 0 Å². The van der Waals surface area contributed by atoms with Gasteiger partial charge < -0.3 is 4.74 Å². The summed E-state index contributed by atoms with van der Waals surface area (Å²) < 4.78 is 5.98. The summed E-state index contributed by atoms with van der Waals surface area (Å²) in [6.45, 7) is 6.08. The van der Waals surface area contributed by atoms with Crippen LogP contribution in [0.3, 0.4) is 0 Å². The largest absolute Gasteiger partial charge is 0.454 e. The van der Waals surface area contributed by atoms with Crippen LogP contribution in [0.4, 0.5) is 0 Å². The van der Waals surface area contributed by atoms with Gasteiger partial charge in [-0.15, -0.1) is 0 Å². The minimum Gasteiger partial charge on any atom is -0.454 e. The van der Waals surface area contributed by atoms with E-state index in [4.69, 9.17) is 4.74 Å². The van der Waals surface area contributed by atoms with Crippen molar-refractivity contribution in [2.45, 2.75) is 26.2 Å². The lowest BCUT2D eigenvalue weighted by atomic mass is 9.86. The minimum absolute atomic E-state index is 0.0336. The van der Waals surface area contributed by atoms with Gasteiger partial charge >= 0.3 is 5.97 Å². The molecule has 2 aromatic rings. The Kier molecular flexibility index (Phi) is 6.32. The Bertz CT molecular complexity index is 766. The molecular formula is C21H21BrO3. The molecule has 0 heterocycles. The van der Waals surface area contributed by atoms with Gasteiger partial charge in [0.1, 0.15) is 0 Å². The summed E-state index contributed by atoms with van der Waals surface area (Å²) in [5.41, 5.74) is 2.60. The van der Waals surface area contributed by atoms with Crippen LogP contribution in [-0.2, 0) is 14.9 Å². The van der Waals surface area contributed by atoms with Crippen LogP contribution in [0.2, 0.25) is 0 Å². The molecule has 0 aliphatic carbocycles. The van der Waals surface area contributed by atoms with Crippen LogP contribution in [0.5, 0.6) is 0 Å². The Morgan fingerprint density at radius 2 is 1.60 bits per heavy atom. The third-order valence-electron chi connectivity index (χ3n) is 3.70. The molecule has 0 radical (unpaired) electrons. The molecule has 0 aliphatic heterocycles. The Morgan fingerprint density at radius 3 is 2.16 bits per heavy atom. The van der Waals surface area contributed by atoms with Crippen molar-refractivity contribution < 1.29 is 14.3 Å². The van der Waals surface area contributed by atoms with Crippen molar-refractivity contribution in [3.8, 4) is 0 Å². The van der Waals surface area contributed by atoms with Crippen LogP contribution < -0.4 is 0 Å². The van der Waals surface area contributed by atoms with Crippen molar-refractivity contribution in [3.63, 3.8) is 0 Å². The second-order valence-electron chi connectivity index (χ2n) is 6.74. The molecule has 2 aromatic carbocycles. The van der Waals surface area contributed by atoms with Crippen LogP contribution in [-0.4, -0.2) is 18.4 Å². The Morgan fingerprint density at radius 1 is 1.00 bits per heavy atom. The highest BCUT2D eigenvalue weighted by molar-refractivity contribution is 9.10. The van der Waals surface area contributed by atoms with E-state index >= 15 is 0 Å². The maximum Gasteiger partial charge on any atom is 0.331 e. The van der Waals surface area contributed by atoms with Crippen molar-refractivity contribution in [2.24, 2.45) is 0 Å². The number of carbonyl (C=O) groups is 2. The zero-order valence-corrected chi connectivity index (χ0v) is 16.2. The van der Waals surface area contributed by atoms with Crippen molar-refractivity contribution in [2.75, 3.05) is 6.61 Å². The summed E-state index contributed by atoms with van der Waals surface area (Å²) in [6.07, 6.45) is 2.97. The Balaban J connectivity index is 1.88. The van der Waals surface area contributed by atoms with Crippen LogP contribution in [0, 0.1) is 0 Å². The molecular weight excluding hydrogens is 380 g/mol. The van der Waals surface area contributed by atoms with E-state index in [0.717, 1.165) is 15.6 Å². The molecule has 3 nitrogen and oxygen atoms in total. The first kappa shape index (κ1) is 19.1. The normalized spacial score (nSPS) is 11.5. The fraction of sp³-hybridized carbons (Fsp3) is 0.238. The number of carbonyl (C=O) groups excluding carboxylic acids is 2. The zero-order valence-electron chi connectivity index (χ0n) is 14.6. The second-order valence-corrected chi connectivity index (χ2v) is 7.66. The van der Waals surface area contributed by atoms with Gasteiger partial charge in [-0.2, -0.15) is 0 Å². The van der Waals surface area contributed by atoms with Gasteiger partial charge in [-0.25, -0.2) is 4.79 Å². The molecule has 0 bridgehead atoms. The van der Waals surface area contributed by atoms with Crippen LogP contribution >= 0.6 is 15.9 Å². The van der Waals surface area contributed by atoms with Gasteiger partial charge in [-0.3, -0.25) is 4.79 Å². The molecule has 0 N–H and O–H groups in total. The number of hydrogen-bond acceptors (Lipinski definition) is 3. The number of ether oxygens (including phenoxy) is 1. The van der Waals surface area contributed by atoms with E-state index in [1.807, 2.05) is 36.4 Å². The third kappa shape index (κ3) is 5.98. The molecule has 0 amide bonds. The van der Waals surface area contributed by atoms with Gasteiger partial charge in [0, 0.05) is 16.1 Å². The summed E-state index contributed by atoms with van der Waals surface area (Å²) in [5, 5.41) is 0. The van der Waals surface area contributed by atoms with E-state index in [-0.39, 0.29) is 17.8 Å². The van der Waals surface area contributed by atoms with Gasteiger partial charge in [0.15, 0.2) is 12.4 Å². The smallest absolute Gasteiger partial charge is 0.331 e. The van der Waals surface area contributed by atoms with Crippen molar-refractivity contribution >= 4 is 33.8 Å². The molecule has 25 heavy (non-hydrogen) atoms. The number of Topliss-reactive ketones (excluding diaryl/α,β-unsaturated/α-hetero) is 1. The standard InChI is InChI=1S/C21H21BrO3/c1-21(2,3)17-9-7-16(8-10-17)19(23)14-25-20(24)13-6-15-4-11-18(22)12-5-15/h4-13H,14H2,1-3H3/b13-6+. The molecule has 0 saturated heterocycles. The van der Waals surface area contributed by atoms with Gasteiger partial charge in [0.25, 0.3) is 0 Å². The Hall–Kier alpha value is -2.20. The average molecular weight is 401 g/mol. The van der Waals surface area contributed by atoms with Crippen LogP contribution in [0.25, 0.3) is 6.08 Å². The molecule has 0 aromatic heterocycles. The van der Waals surface area contributed by atoms with Crippen LogP contribution in [0.15, 0.2) is 59.1 Å². The molecule has 0 aliphatic rings. The highest BCUT2D eigenvalue weighted by Crippen LogP contribution is 2.22. The summed E-state index contributed by atoms with van der Waals surface area (Å²) in [4.78, 5) is 23.8. The average Bonchev–Trinajstić information content (AvgIpc) is 2.58. The van der Waals surface area contributed by atoms with Crippen molar-refractivity contribution in [1.82, 2.24) is 0 Å². The number of hydrogen-bond donors (Lipinski definition) is 0. The Labute approximate surface area is 156 Å². The van der Waals surface area contributed by atoms with Crippen molar-refractivity contribution in [3.05, 3.63) is 75.8 Å². The van der Waals surface area contributed by atoms with Gasteiger partial charge in [0.05, 0.1) is 0 Å². The fourth-order valence-corrected chi connectivity index (χ4v) is 2.43. The highest BCUT2D eigenvalue weighted by Gasteiger charge is 2.14. The summed E-state index contributed by atoms with van der Waals surface area (Å²) in [5.74, 6) is -0.756. The molecule has 130 valence electrons. The first-order valence-electron chi connectivity index (χ1n) is 8.00. The first-order chi connectivity index (χ1) is 11.8. The quantitative estimate of drug-likeness (QED) is 0.394. The van der Waals surface area contributed by atoms with E-state index in [2.05, 4.69) is 36.7 Å². The maximum atomic E-state index is 12.1. The van der Waals surface area contributed by atoms with Gasteiger partial charge in [0.2, 0.25) is 0 Å². The number of benzene rings is 2. The highest BCUT2D eigenvalue weighted by atomic mass is 79.9. The summed E-state index contributed by atoms with van der Waals surface area (Å²) >= 11 is 3.35. The number of ketones is 1. The second kappa shape index (κ2) is 8.26. The number of rotatable bonds is 5. The molecule has 0 fully saturated rings. The van der Waals surface area contributed by atoms with Gasteiger partial charge in [-0.05, 0) is 34.8 Å². The third-order valence-corrected chi connectivity index (χ3v) is 4.23. The van der Waals surface area contributed by atoms with E-state index in [9.17, 15) is 9.59 Å². The molecule has 4 heteroatoms. The molecule has 0 spiro atoms. The van der Waals surface area contributed by atoms with E-state index < -0.39 is 5.97 Å². The summed E-state index contributed by atoms with van der Waals surface area (Å²) in [6, 6.07) is 14.9. The molecule has 0 unspecified atom stereocenters. The monoisotopic (exact) mass is 400 g/mol.